The molecule has 0 aliphatic carbocycles. The normalized spacial score (nSPS) is 24.5. The molecule has 5 nitrogen and oxygen atoms in total. The number of rotatable bonds is 6. The van der Waals surface area contributed by atoms with Gasteiger partial charge < -0.3 is 19.9 Å². The van der Waals surface area contributed by atoms with Crippen molar-refractivity contribution in [2.24, 2.45) is 0 Å². The summed E-state index contributed by atoms with van der Waals surface area (Å²) >= 11 is 0. The largest absolute Gasteiger partial charge is 0.373 e. The molecule has 2 fully saturated rings. The smallest absolute Gasteiger partial charge is 0.317 e. The van der Waals surface area contributed by atoms with Gasteiger partial charge in [-0.15, -0.1) is 0 Å². The number of likely N-dealkylation sites (tertiary alicyclic amines) is 1. The molecule has 1 unspecified atom stereocenters. The molecule has 2 amide bonds. The first kappa shape index (κ1) is 19.2. The fourth-order valence-corrected chi connectivity index (χ4v) is 3.99. The maximum Gasteiger partial charge on any atom is 0.317 e. The molecule has 1 N–H and O–H groups in total. The summed E-state index contributed by atoms with van der Waals surface area (Å²) in [5, 5.41) is 3.16. The molecule has 2 aliphatic rings. The highest BCUT2D eigenvalue weighted by Crippen LogP contribution is 2.24. The second kappa shape index (κ2) is 8.87. The summed E-state index contributed by atoms with van der Waals surface area (Å²) in [6, 6.07) is 10.8. The van der Waals surface area contributed by atoms with Gasteiger partial charge in [-0.3, -0.25) is 0 Å². The van der Waals surface area contributed by atoms with E-state index in [-0.39, 0.29) is 11.6 Å². The van der Waals surface area contributed by atoms with E-state index in [0.717, 1.165) is 58.3 Å². The Bertz CT molecular complexity index is 564. The Labute approximate surface area is 157 Å². The van der Waals surface area contributed by atoms with Crippen molar-refractivity contribution in [3.63, 3.8) is 0 Å². The molecule has 5 heteroatoms. The molecular weight excluding hydrogens is 326 g/mol. The molecule has 0 radical (unpaired) electrons. The zero-order valence-corrected chi connectivity index (χ0v) is 16.2. The van der Waals surface area contributed by atoms with Gasteiger partial charge in [0.25, 0.3) is 0 Å². The molecule has 0 aromatic heterocycles. The third-order valence-corrected chi connectivity index (χ3v) is 5.79. The zero-order valence-electron chi connectivity index (χ0n) is 16.2. The number of benzene rings is 1. The number of hydrogen-bond acceptors (Lipinski definition) is 3. The number of ether oxygens (including phenoxy) is 1. The maximum absolute atomic E-state index is 13.0. The third kappa shape index (κ3) is 5.21. The molecular formula is C21H33N3O2. The van der Waals surface area contributed by atoms with Crippen LogP contribution in [-0.2, 0) is 11.2 Å². The number of hydrogen-bond donors (Lipinski definition) is 1. The number of urea groups is 1. The van der Waals surface area contributed by atoms with Crippen LogP contribution in [0.1, 0.15) is 38.2 Å². The molecule has 2 aliphatic heterocycles. The Morgan fingerprint density at radius 3 is 2.69 bits per heavy atom. The fourth-order valence-electron chi connectivity index (χ4n) is 3.99. The van der Waals surface area contributed by atoms with E-state index < -0.39 is 0 Å². The zero-order chi connectivity index (χ0) is 18.4. The Kier molecular flexibility index (Phi) is 6.54. The highest BCUT2D eigenvalue weighted by molar-refractivity contribution is 5.74. The van der Waals surface area contributed by atoms with Gasteiger partial charge in [0.05, 0.1) is 5.60 Å². The molecule has 0 saturated carbocycles. The molecule has 1 atom stereocenters. The Morgan fingerprint density at radius 1 is 1.31 bits per heavy atom. The first-order valence-electron chi connectivity index (χ1n) is 9.97. The Balaban J connectivity index is 1.60. The topological polar surface area (TPSA) is 44.8 Å². The van der Waals surface area contributed by atoms with Crippen LogP contribution in [0.15, 0.2) is 30.3 Å². The number of nitrogens with one attached hydrogen (secondary N) is 1. The summed E-state index contributed by atoms with van der Waals surface area (Å²) in [6.45, 7) is 6.38. The number of carbonyl (C=O) groups is 1. The van der Waals surface area contributed by atoms with Gasteiger partial charge in [0, 0.05) is 25.7 Å². The van der Waals surface area contributed by atoms with E-state index in [1.807, 2.05) is 6.07 Å². The van der Waals surface area contributed by atoms with Crippen LogP contribution in [0.3, 0.4) is 0 Å². The lowest BCUT2D eigenvalue weighted by Crippen LogP contribution is -2.53. The van der Waals surface area contributed by atoms with E-state index in [0.29, 0.717) is 12.6 Å². The molecule has 144 valence electrons. The molecule has 2 saturated heterocycles. The van der Waals surface area contributed by atoms with Crippen LogP contribution in [0.4, 0.5) is 4.79 Å². The van der Waals surface area contributed by atoms with Crippen molar-refractivity contribution in [2.75, 3.05) is 39.8 Å². The van der Waals surface area contributed by atoms with Crippen LogP contribution < -0.4 is 5.32 Å². The van der Waals surface area contributed by atoms with Gasteiger partial charge in [-0.05, 0) is 64.7 Å². The van der Waals surface area contributed by atoms with Gasteiger partial charge in [-0.2, -0.15) is 0 Å². The molecule has 2 heterocycles. The van der Waals surface area contributed by atoms with Crippen molar-refractivity contribution < 1.29 is 9.53 Å². The first-order chi connectivity index (χ1) is 12.6. The van der Waals surface area contributed by atoms with Crippen molar-refractivity contribution >= 4 is 6.03 Å². The van der Waals surface area contributed by atoms with Crippen molar-refractivity contribution in [1.29, 1.82) is 0 Å². The highest BCUT2D eigenvalue weighted by Gasteiger charge is 2.32. The summed E-state index contributed by atoms with van der Waals surface area (Å²) in [4.78, 5) is 17.4. The minimum Gasteiger partial charge on any atom is -0.373 e. The predicted molar refractivity (Wildman–Crippen MR) is 104 cm³/mol. The second-order valence-corrected chi connectivity index (χ2v) is 8.02. The number of nitrogens with zero attached hydrogens (tertiary/aromatic N) is 2. The van der Waals surface area contributed by atoms with Gasteiger partial charge in [-0.25, -0.2) is 4.79 Å². The molecule has 1 aromatic rings. The summed E-state index contributed by atoms with van der Waals surface area (Å²) in [5.41, 5.74) is 1.08. The summed E-state index contributed by atoms with van der Waals surface area (Å²) in [6.07, 6.45) is 5.10. The van der Waals surface area contributed by atoms with Crippen molar-refractivity contribution in [3.05, 3.63) is 35.9 Å². The average molecular weight is 360 g/mol. The quantitative estimate of drug-likeness (QED) is 0.849. The van der Waals surface area contributed by atoms with Gasteiger partial charge in [0.1, 0.15) is 0 Å². The third-order valence-electron chi connectivity index (χ3n) is 5.79. The van der Waals surface area contributed by atoms with E-state index in [1.54, 1.807) is 0 Å². The summed E-state index contributed by atoms with van der Waals surface area (Å²) < 4.78 is 5.82. The molecule has 1 aromatic carbocycles. The minimum atomic E-state index is -0.201. The fraction of sp³-hybridized carbons (Fsp3) is 0.667. The van der Waals surface area contributed by atoms with Crippen LogP contribution in [-0.4, -0.2) is 67.3 Å². The lowest BCUT2D eigenvalue weighted by Gasteiger charge is -2.38. The molecule has 0 spiro atoms. The standard InChI is InChI=1S/C21H33N3O2/c1-21(12-6-16-26-21)17-22-20(25)24(19-10-13-23(2)14-11-19)15-9-18-7-4-3-5-8-18/h3-5,7-8,19H,6,9-17H2,1-2H3,(H,22,25). The van der Waals surface area contributed by atoms with E-state index in [2.05, 4.69) is 53.4 Å². The van der Waals surface area contributed by atoms with Crippen molar-refractivity contribution in [1.82, 2.24) is 15.1 Å². The van der Waals surface area contributed by atoms with E-state index in [9.17, 15) is 4.79 Å². The minimum absolute atomic E-state index is 0.0622. The second-order valence-electron chi connectivity index (χ2n) is 8.02. The lowest BCUT2D eigenvalue weighted by molar-refractivity contribution is 0.0210. The Hall–Kier alpha value is -1.59. The van der Waals surface area contributed by atoms with Gasteiger partial charge in [-0.1, -0.05) is 30.3 Å². The summed E-state index contributed by atoms with van der Waals surface area (Å²) in [5.74, 6) is 0. The maximum atomic E-state index is 13.0. The van der Waals surface area contributed by atoms with E-state index in [4.69, 9.17) is 4.74 Å². The molecule has 26 heavy (non-hydrogen) atoms. The summed E-state index contributed by atoms with van der Waals surface area (Å²) in [7, 11) is 2.16. The monoisotopic (exact) mass is 359 g/mol. The Morgan fingerprint density at radius 2 is 2.04 bits per heavy atom. The van der Waals surface area contributed by atoms with Gasteiger partial charge in [0.2, 0.25) is 0 Å². The van der Waals surface area contributed by atoms with E-state index in [1.165, 1.54) is 5.56 Å². The van der Waals surface area contributed by atoms with Crippen LogP contribution >= 0.6 is 0 Å². The SMILES string of the molecule is CN1CCC(N(CCc2ccccc2)C(=O)NCC2(C)CCCO2)CC1. The lowest BCUT2D eigenvalue weighted by atomic mass is 10.0. The van der Waals surface area contributed by atoms with Crippen LogP contribution in [0.2, 0.25) is 0 Å². The van der Waals surface area contributed by atoms with Crippen LogP contribution in [0, 0.1) is 0 Å². The number of piperidine rings is 1. The molecule has 3 rings (SSSR count). The molecule has 0 bridgehead atoms. The van der Waals surface area contributed by atoms with Crippen LogP contribution in [0.25, 0.3) is 0 Å². The number of carbonyl (C=O) groups excluding carboxylic acids is 1. The van der Waals surface area contributed by atoms with Crippen molar-refractivity contribution in [3.8, 4) is 0 Å². The predicted octanol–water partition coefficient (Wildman–Crippen LogP) is 2.90. The highest BCUT2D eigenvalue weighted by atomic mass is 16.5. The van der Waals surface area contributed by atoms with E-state index >= 15 is 0 Å². The first-order valence-corrected chi connectivity index (χ1v) is 9.97. The van der Waals surface area contributed by atoms with Crippen molar-refractivity contribution in [2.45, 2.75) is 50.7 Å². The number of amides is 2. The van der Waals surface area contributed by atoms with Gasteiger partial charge >= 0.3 is 6.03 Å². The van der Waals surface area contributed by atoms with Gasteiger partial charge in [0.15, 0.2) is 0 Å². The van der Waals surface area contributed by atoms with Crippen LogP contribution in [0.5, 0.6) is 0 Å². The average Bonchev–Trinajstić information content (AvgIpc) is 3.09.